The number of nitrogens with zero attached hydrogens (tertiary/aromatic N) is 14. The third-order valence-corrected chi connectivity index (χ3v) is 18.4. The zero-order chi connectivity index (χ0) is 77.8. The van der Waals surface area contributed by atoms with Crippen molar-refractivity contribution in [1.82, 2.24) is 44.9 Å². The molecule has 0 aliphatic carbocycles. The number of nitrogens with two attached hydrogens (primary N) is 1. The number of anilines is 9. The minimum absolute atomic E-state index is 0.0515. The van der Waals surface area contributed by atoms with Gasteiger partial charge in [0.1, 0.15) is 90.2 Å². The summed E-state index contributed by atoms with van der Waals surface area (Å²) in [6.45, 7) is 3.08. The molecule has 6 aliphatic rings. The lowest BCUT2D eigenvalue weighted by Gasteiger charge is -2.35. The van der Waals surface area contributed by atoms with Crippen LogP contribution in [-0.4, -0.2) is 245 Å². The maximum Gasteiger partial charge on any atom is 0.403 e. The van der Waals surface area contributed by atoms with E-state index in [1.165, 1.54) is 64.9 Å². The highest BCUT2D eigenvalue weighted by Crippen LogP contribution is 2.43. The van der Waals surface area contributed by atoms with E-state index in [2.05, 4.69) is 65.7 Å². The standard InChI is InChI=1S/C24H27N7O5.C23H27F3N6O5.C22H25F3N6O5/c32-13-16(33)14-36-17-5-7-25-22(11-17)29-24(35)31-15-6-10-30(12-15)19-2-1-18(28-23(19)31)20(34)3-4-21-26-8-9-27-21;24-23(25,26)19(27)4-3-18(35)16-1-2-17-21(29-16)32(13-6-8-31(17)10-13)22(36)30-20-9-15(5-7-28-20)37-12-14(34)11-33;1-12(22(23,24)25)6-17(34)15-2-3-16-20(28-15)31(13-4-5-30(16)9-13)21(35)29-18-7-27-19(8-26-18)36-11-14(33)10-32/h1-2,5,7-9,11,15-16,32-33H,3-4,6,10,12-14H2,(H,26,27)(H,25,29,35);1-2,5,7,9,13-14,19,33-34H,3-4,6,8,10-12,27H2,(H,28,30,36);2-3,7-8,12-14,32-33H,4-6,9-11H2,1H3,(H,26,29,35)/t15-,16+;13-,14+,19+;12-,13-,14+/m000/s1. The number of hydrogen-bond donors (Lipinski definition) is 11. The number of alkyl halides is 6. The number of aromatic amines is 1. The molecule has 12 N–H and O–H groups in total. The van der Waals surface area contributed by atoms with Crippen molar-refractivity contribution in [1.29, 1.82) is 0 Å². The van der Waals surface area contributed by atoms with Crippen LogP contribution in [0, 0.1) is 5.92 Å². The summed E-state index contributed by atoms with van der Waals surface area (Å²) < 4.78 is 92.9. The number of carbonyl (C=O) groups is 6. The average Bonchev–Trinajstić information content (AvgIpc) is 1.64. The fourth-order valence-corrected chi connectivity index (χ4v) is 12.6. The van der Waals surface area contributed by atoms with Crippen molar-refractivity contribution in [2.24, 2.45) is 11.7 Å². The Hall–Kier alpha value is -11.0. The lowest BCUT2D eigenvalue weighted by Crippen LogP contribution is -2.48. The first kappa shape index (κ1) is 79.0. The van der Waals surface area contributed by atoms with E-state index in [9.17, 15) is 70.4 Å². The monoisotopic (exact) mass is 1530 g/mol. The lowest BCUT2D eigenvalue weighted by atomic mass is 10.0. The van der Waals surface area contributed by atoms with E-state index in [-0.39, 0.29) is 96.5 Å². The molecule has 582 valence electrons. The molecular formula is C69H79F6N19O15. The quantitative estimate of drug-likeness (QED) is 0.0249. The van der Waals surface area contributed by atoms with Crippen molar-refractivity contribution in [2.75, 3.05) is 124 Å². The van der Waals surface area contributed by atoms with Crippen LogP contribution in [0.25, 0.3) is 0 Å². The van der Waals surface area contributed by atoms with Crippen LogP contribution in [0.5, 0.6) is 17.4 Å². The van der Waals surface area contributed by atoms with Crippen molar-refractivity contribution in [2.45, 2.75) is 113 Å². The molecule has 0 spiro atoms. The summed E-state index contributed by atoms with van der Waals surface area (Å²) in [5.41, 5.74) is 7.28. The molecule has 7 aromatic rings. The molecule has 0 saturated carbocycles. The number of amides is 6. The molecule has 8 atom stereocenters. The van der Waals surface area contributed by atoms with E-state index in [0.717, 1.165) is 31.4 Å². The number of halogens is 6. The van der Waals surface area contributed by atoms with Gasteiger partial charge in [-0.1, -0.05) is 6.92 Å². The van der Waals surface area contributed by atoms with E-state index in [1.807, 2.05) is 15.9 Å². The van der Waals surface area contributed by atoms with Gasteiger partial charge in [-0.05, 0) is 74.2 Å². The number of ether oxygens (including phenoxy) is 3. The Morgan fingerprint density at radius 1 is 0.541 bits per heavy atom. The second-order valence-electron chi connectivity index (χ2n) is 26.3. The largest absolute Gasteiger partial charge is 0.491 e. The Bertz CT molecular complexity index is 4370. The smallest absolute Gasteiger partial charge is 0.403 e. The summed E-state index contributed by atoms with van der Waals surface area (Å²) in [7, 11) is 0. The van der Waals surface area contributed by atoms with Crippen LogP contribution in [0.15, 0.2) is 97.8 Å². The number of urea groups is 3. The second kappa shape index (κ2) is 34.9. The number of aliphatic hydroxyl groups excluding tert-OH is 6. The Balaban J connectivity index is 0.000000162. The highest BCUT2D eigenvalue weighted by molar-refractivity contribution is 6.07. The number of rotatable bonds is 26. The average molecular weight is 1530 g/mol. The Morgan fingerprint density at radius 2 is 0.972 bits per heavy atom. The summed E-state index contributed by atoms with van der Waals surface area (Å²) in [4.78, 5) is 125. The summed E-state index contributed by atoms with van der Waals surface area (Å²) >= 11 is 0. The molecule has 6 bridgehead atoms. The van der Waals surface area contributed by atoms with Gasteiger partial charge in [-0.15, -0.1) is 0 Å². The first-order valence-electron chi connectivity index (χ1n) is 34.7. The van der Waals surface area contributed by atoms with Crippen LogP contribution < -0.4 is 65.3 Å². The number of H-pyrrole nitrogens is 1. The van der Waals surface area contributed by atoms with Crippen LogP contribution >= 0.6 is 0 Å². The van der Waals surface area contributed by atoms with Crippen LogP contribution in [-0.2, 0) is 6.42 Å². The van der Waals surface area contributed by atoms with Crippen molar-refractivity contribution >= 4 is 87.4 Å². The number of imidazole rings is 1. The van der Waals surface area contributed by atoms with Gasteiger partial charge in [-0.25, -0.2) is 54.3 Å². The van der Waals surface area contributed by atoms with E-state index in [0.29, 0.717) is 86.4 Å². The van der Waals surface area contributed by atoms with E-state index >= 15 is 0 Å². The number of nitrogens with one attached hydrogen (secondary N) is 4. The van der Waals surface area contributed by atoms with Gasteiger partial charge in [0, 0.05) is 102 Å². The fraction of sp³-hybridized carbons (Fsp3) is 0.449. The number of pyridine rings is 5. The van der Waals surface area contributed by atoms with Crippen molar-refractivity contribution in [3.8, 4) is 17.4 Å². The summed E-state index contributed by atoms with van der Waals surface area (Å²) in [5, 5.41) is 63.1. The van der Waals surface area contributed by atoms with Crippen molar-refractivity contribution < 1.29 is 100.0 Å². The van der Waals surface area contributed by atoms with Gasteiger partial charge in [0.2, 0.25) is 5.88 Å². The number of aromatic nitrogens is 9. The van der Waals surface area contributed by atoms with Gasteiger partial charge in [0.05, 0.1) is 73.3 Å². The number of fused-ring (bicyclic) bond motifs is 12. The SMILES string of the molecule is C[C@@H](CC(=O)c1ccc2c(n1)N(C(=O)Nc1cnc(OC[C@H](O)CO)cn1)[C@H]1CCN2C1)C(F)(F)F.N[C@H](CCC(=O)c1ccc2c(n1)N(C(=O)Nc1cc(OC[C@H](O)CO)ccn1)[C@H]1CCN2C1)C(F)(F)F.O=C(CCc1ncc[nH]1)c1ccc2c(n1)N(C(=O)Nc1cc(OC[C@H](O)CO)ccn1)[C@H]1CCN2C1. The Morgan fingerprint density at radius 3 is 1.38 bits per heavy atom. The lowest BCUT2D eigenvalue weighted by molar-refractivity contribution is -0.168. The maximum atomic E-state index is 13.4. The number of carbonyl (C=O) groups excluding carboxylic acids is 6. The first-order valence-corrected chi connectivity index (χ1v) is 34.7. The molecule has 3 fully saturated rings. The summed E-state index contributed by atoms with van der Waals surface area (Å²) in [6.07, 6.45) is -2.46. The molecule has 34 nitrogen and oxygen atoms in total. The topological polar surface area (TPSA) is 452 Å². The highest BCUT2D eigenvalue weighted by Gasteiger charge is 2.45. The van der Waals surface area contributed by atoms with Crippen LogP contribution in [0.3, 0.4) is 0 Å². The second-order valence-corrected chi connectivity index (χ2v) is 26.3. The molecule has 0 unspecified atom stereocenters. The van der Waals surface area contributed by atoms with Crippen LogP contribution in [0.4, 0.5) is 92.7 Å². The minimum Gasteiger partial charge on any atom is -0.491 e. The molecule has 13 heterocycles. The van der Waals surface area contributed by atoms with Crippen molar-refractivity contribution in [3.05, 3.63) is 121 Å². The maximum absolute atomic E-state index is 13.4. The summed E-state index contributed by atoms with van der Waals surface area (Å²) in [5.74, 6) is -0.396. The summed E-state index contributed by atoms with van der Waals surface area (Å²) in [6, 6.07) is 11.5. The van der Waals surface area contributed by atoms with Gasteiger partial charge < -0.3 is 70.3 Å². The van der Waals surface area contributed by atoms with Crippen molar-refractivity contribution in [3.63, 3.8) is 0 Å². The minimum atomic E-state index is -4.60. The molecule has 3 saturated heterocycles. The predicted octanol–water partition coefficient (Wildman–Crippen LogP) is 5.08. The van der Waals surface area contributed by atoms with Gasteiger partial charge in [0.15, 0.2) is 40.6 Å². The molecular weight excluding hydrogens is 1450 g/mol. The number of aryl methyl sites for hydroxylation is 1. The fourth-order valence-electron chi connectivity index (χ4n) is 12.6. The highest BCUT2D eigenvalue weighted by atomic mass is 19.4. The van der Waals surface area contributed by atoms with Crippen LogP contribution in [0.2, 0.25) is 0 Å². The van der Waals surface area contributed by atoms with Gasteiger partial charge in [0.25, 0.3) is 0 Å². The molecule has 6 aliphatic heterocycles. The number of ketones is 3. The zero-order valence-corrected chi connectivity index (χ0v) is 58.5. The van der Waals surface area contributed by atoms with Gasteiger partial charge in [-0.3, -0.25) is 45.0 Å². The number of hydrogen-bond acceptors (Lipinski definition) is 27. The molecule has 13 rings (SSSR count). The predicted molar refractivity (Wildman–Crippen MR) is 378 cm³/mol. The van der Waals surface area contributed by atoms with Gasteiger partial charge >= 0.3 is 30.4 Å². The molecule has 6 amide bonds. The number of aliphatic hydroxyl groups is 6. The van der Waals surface area contributed by atoms with Gasteiger partial charge in [-0.2, -0.15) is 26.3 Å². The normalized spacial score (nSPS) is 17.9. The molecule has 0 aromatic carbocycles. The first-order chi connectivity index (χ1) is 52.1. The third kappa shape index (κ3) is 19.6. The molecule has 109 heavy (non-hydrogen) atoms. The van der Waals surface area contributed by atoms with Crippen LogP contribution in [0.1, 0.15) is 89.2 Å². The number of Topliss-reactive ketones (excluding diaryl/α,β-unsaturated/α-hetero) is 3. The van der Waals surface area contributed by atoms with E-state index in [1.54, 1.807) is 41.6 Å². The molecule has 0 radical (unpaired) electrons. The molecule has 7 aromatic heterocycles. The third-order valence-electron chi connectivity index (χ3n) is 18.4. The van der Waals surface area contributed by atoms with E-state index in [4.69, 9.17) is 35.3 Å². The van der Waals surface area contributed by atoms with E-state index < -0.39 is 111 Å². The Labute approximate surface area is 617 Å². The zero-order valence-electron chi connectivity index (χ0n) is 58.5. The Kier molecular flexibility index (Phi) is 25.3. The molecule has 40 heteroatoms.